The summed E-state index contributed by atoms with van der Waals surface area (Å²) in [5, 5.41) is 13.9. The van der Waals surface area contributed by atoms with Gasteiger partial charge in [0.25, 0.3) is 11.7 Å². The van der Waals surface area contributed by atoms with E-state index >= 15 is 0 Å². The van der Waals surface area contributed by atoms with E-state index < -0.39 is 22.5 Å². The first kappa shape index (κ1) is 18.4. The van der Waals surface area contributed by atoms with Crippen LogP contribution in [0.25, 0.3) is 0 Å². The Bertz CT molecular complexity index is 762. The van der Waals surface area contributed by atoms with Gasteiger partial charge in [0, 0.05) is 17.8 Å². The van der Waals surface area contributed by atoms with Crippen molar-refractivity contribution in [2.75, 3.05) is 7.11 Å². The molecule has 0 amide bonds. The highest BCUT2D eigenvalue weighted by atomic mass is 16.6. The molecule has 0 saturated carbocycles. The van der Waals surface area contributed by atoms with Crippen LogP contribution in [0.5, 0.6) is 0 Å². The standard InChI is InChI=1S/C17H21N3O5/c1-10-13(15(21)25-17(2,3)4)14(19-16(18-10)24-5)11-7-6-8-12(9-11)20(22)23/h6-9,14H,1-5H3,(H,18,19). The van der Waals surface area contributed by atoms with E-state index in [1.165, 1.54) is 19.2 Å². The third-order valence-electron chi connectivity index (χ3n) is 3.43. The second-order valence-electron chi connectivity index (χ2n) is 6.56. The summed E-state index contributed by atoms with van der Waals surface area (Å²) in [5.41, 5.74) is 0.564. The Hall–Kier alpha value is -2.90. The minimum Gasteiger partial charge on any atom is -0.468 e. The van der Waals surface area contributed by atoms with Crippen LogP contribution in [0.15, 0.2) is 40.5 Å². The van der Waals surface area contributed by atoms with Crippen LogP contribution >= 0.6 is 0 Å². The first-order chi connectivity index (χ1) is 11.6. The van der Waals surface area contributed by atoms with Gasteiger partial charge in [-0.1, -0.05) is 12.1 Å². The predicted octanol–water partition coefficient (Wildman–Crippen LogP) is 2.86. The van der Waals surface area contributed by atoms with Gasteiger partial charge >= 0.3 is 5.97 Å². The van der Waals surface area contributed by atoms with Crippen LogP contribution < -0.4 is 5.32 Å². The predicted molar refractivity (Wildman–Crippen MR) is 92.0 cm³/mol. The molecule has 0 bridgehead atoms. The molecule has 0 fully saturated rings. The molecule has 1 unspecified atom stereocenters. The third kappa shape index (κ3) is 4.34. The molecule has 0 aliphatic carbocycles. The number of nitro groups is 1. The SMILES string of the molecule is COC1=NC(c2cccc([N+](=O)[O-])c2)C(C(=O)OC(C)(C)C)=C(C)N1. The molecule has 1 atom stereocenters. The lowest BCUT2D eigenvalue weighted by molar-refractivity contribution is -0.384. The van der Waals surface area contributed by atoms with Gasteiger partial charge in [-0.3, -0.25) is 10.1 Å². The summed E-state index contributed by atoms with van der Waals surface area (Å²) in [4.78, 5) is 27.6. The van der Waals surface area contributed by atoms with Gasteiger partial charge in [0.1, 0.15) is 11.6 Å². The van der Waals surface area contributed by atoms with Crippen molar-refractivity contribution >= 4 is 17.7 Å². The number of amidine groups is 1. The van der Waals surface area contributed by atoms with E-state index in [-0.39, 0.29) is 17.3 Å². The van der Waals surface area contributed by atoms with Crippen molar-refractivity contribution in [1.82, 2.24) is 5.32 Å². The molecule has 1 aliphatic heterocycles. The number of methoxy groups -OCH3 is 1. The average Bonchev–Trinajstić information content (AvgIpc) is 2.52. The van der Waals surface area contributed by atoms with Gasteiger partial charge in [-0.15, -0.1) is 0 Å². The Labute approximate surface area is 145 Å². The van der Waals surface area contributed by atoms with E-state index in [0.29, 0.717) is 11.3 Å². The van der Waals surface area contributed by atoms with Crippen LogP contribution in [0.4, 0.5) is 5.69 Å². The second kappa shape index (κ2) is 6.92. The molecule has 0 radical (unpaired) electrons. The Balaban J connectivity index is 2.50. The molecule has 0 spiro atoms. The van der Waals surface area contributed by atoms with Gasteiger partial charge in [0.15, 0.2) is 0 Å². The highest BCUT2D eigenvalue weighted by molar-refractivity contribution is 5.94. The van der Waals surface area contributed by atoms with E-state index in [1.807, 2.05) is 0 Å². The fraction of sp³-hybridized carbons (Fsp3) is 0.412. The quantitative estimate of drug-likeness (QED) is 0.512. The number of ether oxygens (including phenoxy) is 2. The fourth-order valence-electron chi connectivity index (χ4n) is 2.40. The average molecular weight is 347 g/mol. The third-order valence-corrected chi connectivity index (χ3v) is 3.43. The smallest absolute Gasteiger partial charge is 0.338 e. The molecule has 8 nitrogen and oxygen atoms in total. The number of aliphatic imine (C=N–C) groups is 1. The molecule has 134 valence electrons. The lowest BCUT2D eigenvalue weighted by Gasteiger charge is -2.27. The maximum Gasteiger partial charge on any atom is 0.338 e. The number of carbonyl (C=O) groups is 1. The lowest BCUT2D eigenvalue weighted by Crippen LogP contribution is -2.35. The largest absolute Gasteiger partial charge is 0.468 e. The van der Waals surface area contributed by atoms with Crippen LogP contribution in [0.1, 0.15) is 39.3 Å². The van der Waals surface area contributed by atoms with E-state index in [0.717, 1.165) is 0 Å². The molecule has 1 N–H and O–H groups in total. The second-order valence-corrected chi connectivity index (χ2v) is 6.56. The van der Waals surface area contributed by atoms with E-state index in [9.17, 15) is 14.9 Å². The van der Waals surface area contributed by atoms with Crippen molar-refractivity contribution in [2.24, 2.45) is 4.99 Å². The maximum absolute atomic E-state index is 12.7. The summed E-state index contributed by atoms with van der Waals surface area (Å²) in [6.07, 6.45) is 0. The van der Waals surface area contributed by atoms with Crippen LogP contribution in [0.3, 0.4) is 0 Å². The van der Waals surface area contributed by atoms with Gasteiger partial charge in [0.2, 0.25) is 0 Å². The highest BCUT2D eigenvalue weighted by Gasteiger charge is 2.33. The molecule has 2 rings (SSSR count). The molecule has 0 aromatic heterocycles. The Kier molecular flexibility index (Phi) is 5.10. The zero-order valence-electron chi connectivity index (χ0n) is 14.8. The van der Waals surface area contributed by atoms with Crippen LogP contribution in [0, 0.1) is 10.1 Å². The number of nitrogens with one attached hydrogen (secondary N) is 1. The van der Waals surface area contributed by atoms with Crippen molar-refractivity contribution in [1.29, 1.82) is 0 Å². The molecule has 1 aromatic carbocycles. The molecule has 25 heavy (non-hydrogen) atoms. The number of carbonyl (C=O) groups excluding carboxylic acids is 1. The van der Waals surface area contributed by atoms with Gasteiger partial charge in [-0.25, -0.2) is 9.79 Å². The van der Waals surface area contributed by atoms with Gasteiger partial charge in [0.05, 0.1) is 17.6 Å². The van der Waals surface area contributed by atoms with Gasteiger partial charge in [-0.2, -0.15) is 0 Å². The molecular weight excluding hydrogens is 326 g/mol. The molecule has 0 saturated heterocycles. The minimum atomic E-state index is -0.758. The normalized spacial score (nSPS) is 17.5. The Morgan fingerprint density at radius 3 is 2.60 bits per heavy atom. The van der Waals surface area contributed by atoms with Gasteiger partial charge in [-0.05, 0) is 33.3 Å². The molecule has 8 heteroatoms. The zero-order chi connectivity index (χ0) is 18.8. The summed E-state index contributed by atoms with van der Waals surface area (Å²) in [6, 6.07) is 5.48. The Morgan fingerprint density at radius 1 is 1.36 bits per heavy atom. The highest BCUT2D eigenvalue weighted by Crippen LogP contribution is 2.33. The monoisotopic (exact) mass is 347 g/mol. The number of hydrogen-bond acceptors (Lipinski definition) is 7. The first-order valence-electron chi connectivity index (χ1n) is 7.69. The number of rotatable bonds is 3. The fourth-order valence-corrected chi connectivity index (χ4v) is 2.40. The molecule has 1 aliphatic rings. The van der Waals surface area contributed by atoms with Crippen molar-refractivity contribution in [2.45, 2.75) is 39.3 Å². The number of nitrogens with zero attached hydrogens (tertiary/aromatic N) is 2. The number of nitro benzene ring substituents is 1. The van der Waals surface area contributed by atoms with Crippen molar-refractivity contribution in [3.63, 3.8) is 0 Å². The Morgan fingerprint density at radius 2 is 2.04 bits per heavy atom. The summed E-state index contributed by atoms with van der Waals surface area (Å²) in [5.74, 6) is -0.534. The summed E-state index contributed by atoms with van der Waals surface area (Å²) < 4.78 is 10.6. The number of esters is 1. The summed E-state index contributed by atoms with van der Waals surface area (Å²) >= 11 is 0. The van der Waals surface area contributed by atoms with E-state index in [2.05, 4.69) is 10.3 Å². The van der Waals surface area contributed by atoms with Crippen LogP contribution in [-0.2, 0) is 14.3 Å². The molecule has 1 aromatic rings. The number of benzene rings is 1. The van der Waals surface area contributed by atoms with E-state index in [1.54, 1.807) is 39.8 Å². The lowest BCUT2D eigenvalue weighted by atomic mass is 9.96. The number of non-ortho nitro benzene ring substituents is 1. The first-order valence-corrected chi connectivity index (χ1v) is 7.69. The molecular formula is C17H21N3O5. The minimum absolute atomic E-state index is 0.0774. The number of hydrogen-bond donors (Lipinski definition) is 1. The maximum atomic E-state index is 12.7. The zero-order valence-corrected chi connectivity index (χ0v) is 14.8. The van der Waals surface area contributed by atoms with Crippen LogP contribution in [-0.4, -0.2) is 29.6 Å². The summed E-state index contributed by atoms with van der Waals surface area (Å²) in [6.45, 7) is 7.01. The van der Waals surface area contributed by atoms with Gasteiger partial charge < -0.3 is 14.8 Å². The van der Waals surface area contributed by atoms with Crippen LogP contribution in [0.2, 0.25) is 0 Å². The topological polar surface area (TPSA) is 103 Å². The van der Waals surface area contributed by atoms with Crippen molar-refractivity contribution < 1.29 is 19.2 Å². The van der Waals surface area contributed by atoms with E-state index in [4.69, 9.17) is 9.47 Å². The summed E-state index contributed by atoms with van der Waals surface area (Å²) in [7, 11) is 1.45. The number of allylic oxidation sites excluding steroid dienone is 1. The van der Waals surface area contributed by atoms with Crippen molar-refractivity contribution in [3.8, 4) is 0 Å². The van der Waals surface area contributed by atoms with Crippen molar-refractivity contribution in [3.05, 3.63) is 51.2 Å². The molecule has 1 heterocycles.